The number of nitrogens with one attached hydrogen (secondary N) is 5. The van der Waals surface area contributed by atoms with Crippen molar-refractivity contribution >= 4 is 64.1 Å². The lowest BCUT2D eigenvalue weighted by molar-refractivity contribution is -0.120. The second-order valence-electron chi connectivity index (χ2n) is 5.07. The van der Waals surface area contributed by atoms with Gasteiger partial charge >= 0.3 is 12.1 Å². The van der Waals surface area contributed by atoms with Gasteiger partial charge in [-0.05, 0) is 36.4 Å². The third-order valence-corrected chi connectivity index (χ3v) is 3.96. The maximum absolute atomic E-state index is 11.7. The molecule has 2 aromatic carbocycles. The van der Waals surface area contributed by atoms with Crippen molar-refractivity contribution in [1.82, 2.24) is 16.2 Å². The molecule has 0 aliphatic carbocycles. The largest absolute Gasteiger partial charge is 0.337 e. The number of carbonyl (C=O) groups is 3. The molecule has 0 radical (unpaired) electrons. The van der Waals surface area contributed by atoms with Gasteiger partial charge in [-0.3, -0.25) is 10.2 Å². The van der Waals surface area contributed by atoms with Crippen LogP contribution in [0, 0.1) is 0 Å². The summed E-state index contributed by atoms with van der Waals surface area (Å²) < 4.78 is 0. The van der Waals surface area contributed by atoms with Gasteiger partial charge in [0.15, 0.2) is 0 Å². The predicted octanol–water partition coefficient (Wildman–Crippen LogP) is 3.62. The van der Waals surface area contributed by atoms with Crippen molar-refractivity contribution in [2.24, 2.45) is 0 Å². The molecular weight excluding hydrogens is 417 g/mol. The minimum absolute atomic E-state index is 0.280. The number of hydrogen-bond acceptors (Lipinski definition) is 3. The first kappa shape index (κ1) is 20.6. The van der Waals surface area contributed by atoms with E-state index in [1.807, 2.05) is 0 Å². The Morgan fingerprint density at radius 1 is 0.778 bits per heavy atom. The van der Waals surface area contributed by atoms with E-state index in [2.05, 4.69) is 26.8 Å². The maximum Gasteiger partial charge on any atom is 0.337 e. The van der Waals surface area contributed by atoms with E-state index in [1.165, 1.54) is 18.2 Å². The molecule has 5 amide bonds. The van der Waals surface area contributed by atoms with E-state index in [0.717, 1.165) is 0 Å². The third kappa shape index (κ3) is 7.22. The molecule has 142 valence electrons. The highest BCUT2D eigenvalue weighted by Gasteiger charge is 2.08. The van der Waals surface area contributed by atoms with Gasteiger partial charge in [0.1, 0.15) is 6.54 Å². The van der Waals surface area contributed by atoms with Crippen LogP contribution in [0.3, 0.4) is 0 Å². The zero-order valence-corrected chi connectivity index (χ0v) is 15.9. The van der Waals surface area contributed by atoms with Crippen LogP contribution < -0.4 is 26.8 Å². The SMILES string of the molecule is O=C(CNC(=O)Nc1ccc(Cl)c(Cl)c1)NNC(=O)Nc1cccc(Cl)c1. The number of amides is 5. The van der Waals surface area contributed by atoms with E-state index in [0.29, 0.717) is 21.4 Å². The zero-order chi connectivity index (χ0) is 19.8. The molecule has 5 N–H and O–H groups in total. The number of urea groups is 2. The average molecular weight is 431 g/mol. The molecule has 11 heteroatoms. The van der Waals surface area contributed by atoms with Crippen molar-refractivity contribution in [3.8, 4) is 0 Å². The van der Waals surface area contributed by atoms with Crippen LogP contribution in [0.25, 0.3) is 0 Å². The van der Waals surface area contributed by atoms with Crippen LogP contribution in [-0.2, 0) is 4.79 Å². The maximum atomic E-state index is 11.7. The van der Waals surface area contributed by atoms with Gasteiger partial charge in [-0.2, -0.15) is 0 Å². The van der Waals surface area contributed by atoms with Crippen molar-refractivity contribution in [3.63, 3.8) is 0 Å². The lowest BCUT2D eigenvalue weighted by atomic mass is 10.3. The van der Waals surface area contributed by atoms with Crippen molar-refractivity contribution < 1.29 is 14.4 Å². The summed E-state index contributed by atoms with van der Waals surface area (Å²) in [5.41, 5.74) is 5.14. The second-order valence-corrected chi connectivity index (χ2v) is 6.33. The normalized spacial score (nSPS) is 9.89. The summed E-state index contributed by atoms with van der Waals surface area (Å²) in [5.74, 6) is -0.638. The molecular formula is C16H14Cl3N5O3. The Morgan fingerprint density at radius 3 is 2.19 bits per heavy atom. The Labute approximate surface area is 169 Å². The minimum atomic E-state index is -0.675. The molecule has 0 heterocycles. The van der Waals surface area contributed by atoms with Crippen LogP contribution in [0.15, 0.2) is 42.5 Å². The first-order valence-corrected chi connectivity index (χ1v) is 8.58. The van der Waals surface area contributed by atoms with E-state index in [-0.39, 0.29) is 11.6 Å². The van der Waals surface area contributed by atoms with Crippen LogP contribution >= 0.6 is 34.8 Å². The third-order valence-electron chi connectivity index (χ3n) is 2.98. The first-order valence-electron chi connectivity index (χ1n) is 7.45. The lowest BCUT2D eigenvalue weighted by Crippen LogP contribution is -2.48. The number of rotatable bonds is 4. The van der Waals surface area contributed by atoms with Gasteiger partial charge in [-0.1, -0.05) is 40.9 Å². The number of hydrogen-bond donors (Lipinski definition) is 5. The standard InChI is InChI=1S/C16H14Cl3N5O3/c17-9-2-1-3-10(6-9)22-16(27)24-23-14(25)8-20-15(26)21-11-4-5-12(18)13(19)7-11/h1-7H,8H2,(H,23,25)(H2,20,21,26)(H2,22,24,27). The second kappa shape index (κ2) is 9.86. The van der Waals surface area contributed by atoms with Crippen LogP contribution in [0.5, 0.6) is 0 Å². The fourth-order valence-electron chi connectivity index (χ4n) is 1.81. The summed E-state index contributed by atoms with van der Waals surface area (Å²) in [7, 11) is 0. The van der Waals surface area contributed by atoms with Crippen LogP contribution in [0.2, 0.25) is 15.1 Å². The molecule has 0 saturated carbocycles. The summed E-state index contributed by atoms with van der Waals surface area (Å²) in [6.07, 6.45) is 0. The predicted molar refractivity (Wildman–Crippen MR) is 105 cm³/mol. The van der Waals surface area contributed by atoms with Gasteiger partial charge in [0.25, 0.3) is 5.91 Å². The number of carbonyl (C=O) groups excluding carboxylic acids is 3. The highest BCUT2D eigenvalue weighted by Crippen LogP contribution is 2.24. The topological polar surface area (TPSA) is 111 Å². The quantitative estimate of drug-likeness (QED) is 0.478. The van der Waals surface area contributed by atoms with E-state index < -0.39 is 18.0 Å². The Balaban J connectivity index is 1.69. The molecule has 0 aromatic heterocycles. The van der Waals surface area contributed by atoms with Gasteiger partial charge in [-0.25, -0.2) is 15.0 Å². The molecule has 0 saturated heterocycles. The number of halogens is 3. The monoisotopic (exact) mass is 429 g/mol. The van der Waals surface area contributed by atoms with Crippen LogP contribution in [-0.4, -0.2) is 24.5 Å². The Kier molecular flexibility index (Phi) is 7.54. The molecule has 0 spiro atoms. The Morgan fingerprint density at radius 2 is 1.48 bits per heavy atom. The molecule has 0 fully saturated rings. The molecule has 27 heavy (non-hydrogen) atoms. The van der Waals surface area contributed by atoms with E-state index in [1.54, 1.807) is 24.3 Å². The van der Waals surface area contributed by atoms with Crippen LogP contribution in [0.4, 0.5) is 21.0 Å². The summed E-state index contributed by atoms with van der Waals surface area (Å²) in [6, 6.07) is 9.71. The number of benzene rings is 2. The highest BCUT2D eigenvalue weighted by molar-refractivity contribution is 6.42. The molecule has 2 rings (SSSR count). The zero-order valence-electron chi connectivity index (χ0n) is 13.6. The van der Waals surface area contributed by atoms with E-state index in [4.69, 9.17) is 34.8 Å². The van der Waals surface area contributed by atoms with Gasteiger partial charge in [0.05, 0.1) is 10.0 Å². The first-order chi connectivity index (χ1) is 12.8. The van der Waals surface area contributed by atoms with E-state index >= 15 is 0 Å². The molecule has 0 aliphatic heterocycles. The number of hydrazine groups is 1. The van der Waals surface area contributed by atoms with Crippen molar-refractivity contribution in [2.45, 2.75) is 0 Å². The summed E-state index contributed by atoms with van der Waals surface area (Å²) in [4.78, 5) is 35.1. The van der Waals surface area contributed by atoms with Gasteiger partial charge in [-0.15, -0.1) is 0 Å². The fraction of sp³-hybridized carbons (Fsp3) is 0.0625. The lowest BCUT2D eigenvalue weighted by Gasteiger charge is -2.10. The average Bonchev–Trinajstić information content (AvgIpc) is 2.61. The molecule has 2 aromatic rings. The molecule has 0 atom stereocenters. The van der Waals surface area contributed by atoms with Gasteiger partial charge < -0.3 is 16.0 Å². The van der Waals surface area contributed by atoms with E-state index in [9.17, 15) is 14.4 Å². The minimum Gasteiger partial charge on any atom is -0.329 e. The molecule has 0 bridgehead atoms. The van der Waals surface area contributed by atoms with Gasteiger partial charge in [0, 0.05) is 16.4 Å². The van der Waals surface area contributed by atoms with Crippen molar-refractivity contribution in [2.75, 3.05) is 17.2 Å². The van der Waals surface area contributed by atoms with Crippen molar-refractivity contribution in [3.05, 3.63) is 57.5 Å². The highest BCUT2D eigenvalue weighted by atomic mass is 35.5. The summed E-state index contributed by atoms with van der Waals surface area (Å²) in [5, 5.41) is 8.36. The van der Waals surface area contributed by atoms with Crippen molar-refractivity contribution in [1.29, 1.82) is 0 Å². The smallest absolute Gasteiger partial charge is 0.329 e. The summed E-state index contributed by atoms with van der Waals surface area (Å²) in [6.45, 7) is -0.370. The summed E-state index contributed by atoms with van der Waals surface area (Å²) >= 11 is 17.4. The molecule has 0 unspecified atom stereocenters. The van der Waals surface area contributed by atoms with Gasteiger partial charge in [0.2, 0.25) is 0 Å². The Bertz CT molecular complexity index is 863. The fourth-order valence-corrected chi connectivity index (χ4v) is 2.30. The molecule has 0 aliphatic rings. The number of anilines is 2. The molecule has 8 nitrogen and oxygen atoms in total. The Hall–Kier alpha value is -2.68. The van der Waals surface area contributed by atoms with Crippen LogP contribution in [0.1, 0.15) is 0 Å².